The number of rotatable bonds is 7. The molecular weight excluding hydrogens is 266 g/mol. The number of nitrogens with one attached hydrogen (secondary N) is 2. The van der Waals surface area contributed by atoms with E-state index in [0.29, 0.717) is 6.42 Å². The zero-order valence-corrected chi connectivity index (χ0v) is 12.4. The molecule has 0 aromatic heterocycles. The Kier molecular flexibility index (Phi) is 6.14. The highest BCUT2D eigenvalue weighted by Gasteiger charge is 2.38. The third kappa shape index (κ3) is 4.41. The molecule has 1 fully saturated rings. The van der Waals surface area contributed by atoms with Crippen molar-refractivity contribution in [2.75, 3.05) is 18.6 Å². The van der Waals surface area contributed by atoms with Gasteiger partial charge in [0.25, 0.3) is 5.91 Å². The average molecular weight is 287 g/mol. The lowest BCUT2D eigenvalue weighted by Crippen LogP contribution is -2.43. The van der Waals surface area contributed by atoms with Gasteiger partial charge in [-0.1, -0.05) is 6.92 Å². The van der Waals surface area contributed by atoms with Crippen molar-refractivity contribution in [2.24, 2.45) is 0 Å². The van der Waals surface area contributed by atoms with Crippen LogP contribution < -0.4 is 10.6 Å². The third-order valence-electron chi connectivity index (χ3n) is 3.04. The second-order valence-corrected chi connectivity index (χ2v) is 5.57. The molecule has 19 heavy (non-hydrogen) atoms. The van der Waals surface area contributed by atoms with Crippen LogP contribution in [0.5, 0.6) is 0 Å². The Morgan fingerprint density at radius 3 is 2.79 bits per heavy atom. The van der Waals surface area contributed by atoms with Crippen LogP contribution in [0.15, 0.2) is 0 Å². The molecule has 1 aliphatic rings. The van der Waals surface area contributed by atoms with E-state index >= 15 is 0 Å². The van der Waals surface area contributed by atoms with Crippen molar-refractivity contribution in [3.8, 4) is 0 Å². The first-order valence-corrected chi connectivity index (χ1v) is 7.79. The highest BCUT2D eigenvalue weighted by atomic mass is 32.2. The van der Waals surface area contributed by atoms with Gasteiger partial charge < -0.3 is 10.6 Å². The zero-order valence-electron chi connectivity index (χ0n) is 11.6. The second kappa shape index (κ2) is 7.37. The molecule has 1 heterocycles. The minimum atomic E-state index is -0.489. The van der Waals surface area contributed by atoms with Crippen LogP contribution in [0.1, 0.15) is 26.7 Å². The predicted molar refractivity (Wildman–Crippen MR) is 74.9 cm³/mol. The fourth-order valence-corrected chi connectivity index (χ4v) is 2.20. The molecular formula is C12H21N3O3S. The summed E-state index contributed by atoms with van der Waals surface area (Å²) in [5.41, 5.74) is 0. The fraction of sp³-hybridized carbons (Fsp3) is 0.750. The molecule has 7 heteroatoms. The Bertz CT molecular complexity index is 362. The van der Waals surface area contributed by atoms with E-state index in [-0.39, 0.29) is 24.4 Å². The van der Waals surface area contributed by atoms with Gasteiger partial charge >= 0.3 is 6.03 Å². The maximum Gasteiger partial charge on any atom is 0.325 e. The minimum absolute atomic E-state index is 0.0422. The van der Waals surface area contributed by atoms with Crippen LogP contribution >= 0.6 is 11.8 Å². The SMILES string of the molecule is CCC(C)NC(=O)CN1C(=O)NC(CCSC)C1=O. The molecule has 0 saturated carbocycles. The fourth-order valence-electron chi connectivity index (χ4n) is 1.72. The molecule has 2 N–H and O–H groups in total. The summed E-state index contributed by atoms with van der Waals surface area (Å²) in [6.07, 6.45) is 3.34. The van der Waals surface area contributed by atoms with Gasteiger partial charge in [0.15, 0.2) is 0 Å². The molecule has 1 rings (SSSR count). The number of hydrogen-bond acceptors (Lipinski definition) is 4. The van der Waals surface area contributed by atoms with Gasteiger partial charge in [-0.3, -0.25) is 14.5 Å². The van der Waals surface area contributed by atoms with Crippen LogP contribution in [0.25, 0.3) is 0 Å². The molecule has 2 unspecified atom stereocenters. The monoisotopic (exact) mass is 287 g/mol. The smallest absolute Gasteiger partial charge is 0.325 e. The number of carbonyl (C=O) groups excluding carboxylic acids is 3. The summed E-state index contributed by atoms with van der Waals surface area (Å²) in [6.45, 7) is 3.63. The molecule has 0 aromatic carbocycles. The zero-order chi connectivity index (χ0) is 14.4. The van der Waals surface area contributed by atoms with E-state index in [1.807, 2.05) is 20.1 Å². The number of nitrogens with zero attached hydrogens (tertiary/aromatic N) is 1. The van der Waals surface area contributed by atoms with Gasteiger partial charge in [-0.25, -0.2) is 4.79 Å². The molecule has 0 aromatic rings. The summed E-state index contributed by atoms with van der Waals surface area (Å²) >= 11 is 1.62. The Hall–Kier alpha value is -1.24. The van der Waals surface area contributed by atoms with E-state index in [4.69, 9.17) is 0 Å². The lowest BCUT2D eigenvalue weighted by molar-refractivity contribution is -0.132. The van der Waals surface area contributed by atoms with Crippen LogP contribution in [0.3, 0.4) is 0 Å². The highest BCUT2D eigenvalue weighted by molar-refractivity contribution is 7.98. The van der Waals surface area contributed by atoms with Crippen LogP contribution in [0, 0.1) is 0 Å². The van der Waals surface area contributed by atoms with Crippen molar-refractivity contribution in [1.29, 1.82) is 0 Å². The number of hydrogen-bond donors (Lipinski definition) is 2. The van der Waals surface area contributed by atoms with Crippen molar-refractivity contribution in [3.63, 3.8) is 0 Å². The van der Waals surface area contributed by atoms with Crippen LogP contribution in [0.2, 0.25) is 0 Å². The normalized spacial score (nSPS) is 20.4. The van der Waals surface area contributed by atoms with Crippen LogP contribution in [0.4, 0.5) is 4.79 Å². The summed E-state index contributed by atoms with van der Waals surface area (Å²) < 4.78 is 0. The van der Waals surface area contributed by atoms with Gasteiger partial charge in [-0.05, 0) is 31.8 Å². The first-order chi connectivity index (χ1) is 8.99. The first kappa shape index (κ1) is 15.8. The van der Waals surface area contributed by atoms with Gasteiger partial charge in [-0.2, -0.15) is 11.8 Å². The van der Waals surface area contributed by atoms with Crippen molar-refractivity contribution in [1.82, 2.24) is 15.5 Å². The largest absolute Gasteiger partial charge is 0.352 e. The van der Waals surface area contributed by atoms with Crippen LogP contribution in [-0.4, -0.2) is 53.4 Å². The van der Waals surface area contributed by atoms with E-state index in [1.54, 1.807) is 11.8 Å². The van der Waals surface area contributed by atoms with E-state index in [9.17, 15) is 14.4 Å². The molecule has 0 bridgehead atoms. The number of imide groups is 1. The topological polar surface area (TPSA) is 78.5 Å². The molecule has 108 valence electrons. The Balaban J connectivity index is 2.51. The third-order valence-corrected chi connectivity index (χ3v) is 3.68. The lowest BCUT2D eigenvalue weighted by Gasteiger charge is -2.15. The first-order valence-electron chi connectivity index (χ1n) is 6.39. The van der Waals surface area contributed by atoms with Gasteiger partial charge in [-0.15, -0.1) is 0 Å². The lowest BCUT2D eigenvalue weighted by atomic mass is 10.2. The highest BCUT2D eigenvalue weighted by Crippen LogP contribution is 2.11. The summed E-state index contributed by atoms with van der Waals surface area (Å²) in [5, 5.41) is 5.34. The summed E-state index contributed by atoms with van der Waals surface area (Å²) in [4.78, 5) is 36.3. The Morgan fingerprint density at radius 2 is 2.21 bits per heavy atom. The van der Waals surface area contributed by atoms with Crippen molar-refractivity contribution in [2.45, 2.75) is 38.8 Å². The molecule has 1 saturated heterocycles. The molecule has 2 atom stereocenters. The van der Waals surface area contributed by atoms with Gasteiger partial charge in [0.05, 0.1) is 0 Å². The molecule has 0 aliphatic carbocycles. The minimum Gasteiger partial charge on any atom is -0.352 e. The van der Waals surface area contributed by atoms with Crippen molar-refractivity contribution >= 4 is 29.6 Å². The molecule has 6 nitrogen and oxygen atoms in total. The van der Waals surface area contributed by atoms with E-state index in [1.165, 1.54) is 0 Å². The average Bonchev–Trinajstić information content (AvgIpc) is 2.63. The summed E-state index contributed by atoms with van der Waals surface area (Å²) in [7, 11) is 0. The van der Waals surface area contributed by atoms with Gasteiger partial charge in [0.2, 0.25) is 5.91 Å². The Morgan fingerprint density at radius 1 is 1.53 bits per heavy atom. The summed E-state index contributed by atoms with van der Waals surface area (Å²) in [6, 6.07) is -0.924. The van der Waals surface area contributed by atoms with E-state index in [0.717, 1.165) is 17.1 Å². The molecule has 0 radical (unpaired) electrons. The summed E-state index contributed by atoms with van der Waals surface area (Å²) in [5.74, 6) is 0.186. The molecule has 1 aliphatic heterocycles. The standard InChI is InChI=1S/C12H21N3O3S/c1-4-8(2)13-10(16)7-15-11(17)9(5-6-19-3)14-12(15)18/h8-9H,4-7H2,1-3H3,(H,13,16)(H,14,18). The second-order valence-electron chi connectivity index (χ2n) is 4.58. The molecule has 4 amide bonds. The van der Waals surface area contributed by atoms with Crippen molar-refractivity contribution in [3.05, 3.63) is 0 Å². The maximum atomic E-state index is 12.0. The van der Waals surface area contributed by atoms with Crippen molar-refractivity contribution < 1.29 is 14.4 Å². The van der Waals surface area contributed by atoms with E-state index < -0.39 is 12.1 Å². The molecule has 0 spiro atoms. The van der Waals surface area contributed by atoms with Crippen LogP contribution in [-0.2, 0) is 9.59 Å². The number of urea groups is 1. The predicted octanol–water partition coefficient (Wildman–Crippen LogP) is 0.575. The number of amides is 4. The van der Waals surface area contributed by atoms with E-state index in [2.05, 4.69) is 10.6 Å². The number of carbonyl (C=O) groups is 3. The maximum absolute atomic E-state index is 12.0. The number of thioether (sulfide) groups is 1. The van der Waals surface area contributed by atoms with Gasteiger partial charge in [0.1, 0.15) is 12.6 Å². The quantitative estimate of drug-likeness (QED) is 0.671. The Labute approximate surface area is 117 Å². The van der Waals surface area contributed by atoms with Gasteiger partial charge in [0, 0.05) is 6.04 Å².